The van der Waals surface area contributed by atoms with E-state index in [4.69, 9.17) is 42.8 Å². The third kappa shape index (κ3) is 7.12. The van der Waals surface area contributed by atoms with Crippen LogP contribution >= 0.6 is 50.9 Å². The second-order valence-corrected chi connectivity index (χ2v) is 13.6. The maximum absolute atomic E-state index is 14.0. The normalized spacial score (nSPS) is 16.8. The molecule has 1 N–H and O–H groups in total. The predicted molar refractivity (Wildman–Crippen MR) is 178 cm³/mol. The number of halogens is 3. The number of rotatable bonds is 9. The standard InChI is InChI=1S/C33H31BrCl2N4O3S/c1-20-29(31(41)43-25-8-3-2-4-9-25)30(26-17-23(34)13-16-28(26)42-18-21-11-14-24(35)15-12-21)40-32(37-20)38-33(39-40)44-19-22-7-5-6-10-27(22)36/h5-7,10-17,25,30H,2-4,8-9,18-19H2,1H3,(H,37,38,39). The Kier molecular flexibility index (Phi) is 9.86. The van der Waals surface area contributed by atoms with E-state index >= 15 is 0 Å². The highest BCUT2D eigenvalue weighted by Crippen LogP contribution is 2.42. The summed E-state index contributed by atoms with van der Waals surface area (Å²) in [7, 11) is 0. The molecule has 11 heteroatoms. The molecular formula is C33H31BrCl2N4O3S. The molecule has 1 aliphatic heterocycles. The molecule has 2 aliphatic rings. The Morgan fingerprint density at radius 2 is 1.84 bits per heavy atom. The molecule has 0 spiro atoms. The number of fused-ring (bicyclic) bond motifs is 1. The van der Waals surface area contributed by atoms with Crippen LogP contribution in [-0.2, 0) is 21.9 Å². The highest BCUT2D eigenvalue weighted by molar-refractivity contribution is 9.10. The Bertz CT molecular complexity index is 1690. The number of carbonyl (C=O) groups excluding carboxylic acids is 1. The van der Waals surface area contributed by atoms with E-state index < -0.39 is 6.04 Å². The molecule has 0 bridgehead atoms. The largest absolute Gasteiger partial charge is 0.489 e. The van der Waals surface area contributed by atoms with Crippen molar-refractivity contribution < 1.29 is 14.3 Å². The van der Waals surface area contributed by atoms with Gasteiger partial charge in [-0.2, -0.15) is 4.98 Å². The minimum Gasteiger partial charge on any atom is -0.489 e. The van der Waals surface area contributed by atoms with Gasteiger partial charge in [-0.25, -0.2) is 9.48 Å². The quantitative estimate of drug-likeness (QED) is 0.137. The molecule has 0 amide bonds. The third-order valence-electron chi connectivity index (χ3n) is 7.77. The topological polar surface area (TPSA) is 78.3 Å². The zero-order chi connectivity index (χ0) is 30.6. The average molecular weight is 715 g/mol. The number of aromatic nitrogens is 3. The second-order valence-electron chi connectivity index (χ2n) is 10.9. The lowest BCUT2D eigenvalue weighted by molar-refractivity contribution is -0.146. The van der Waals surface area contributed by atoms with E-state index in [1.807, 2.05) is 73.7 Å². The Hall–Kier alpha value is -2.98. The van der Waals surface area contributed by atoms with Crippen molar-refractivity contribution in [3.8, 4) is 5.75 Å². The number of anilines is 1. The number of esters is 1. The van der Waals surface area contributed by atoms with Crippen LogP contribution in [0.2, 0.25) is 10.0 Å². The molecule has 1 saturated carbocycles. The van der Waals surface area contributed by atoms with Crippen LogP contribution in [0, 0.1) is 0 Å². The van der Waals surface area contributed by atoms with E-state index in [9.17, 15) is 4.79 Å². The van der Waals surface area contributed by atoms with Crippen LogP contribution < -0.4 is 10.1 Å². The number of carbonyl (C=O) groups is 1. The van der Waals surface area contributed by atoms with Gasteiger partial charge in [0.25, 0.3) is 0 Å². The van der Waals surface area contributed by atoms with Crippen molar-refractivity contribution in [2.75, 3.05) is 5.32 Å². The molecule has 3 aromatic carbocycles. The van der Waals surface area contributed by atoms with Gasteiger partial charge < -0.3 is 14.8 Å². The number of nitrogens with one attached hydrogen (secondary N) is 1. The monoisotopic (exact) mass is 712 g/mol. The third-order valence-corrected chi connectivity index (χ3v) is 9.77. The minimum absolute atomic E-state index is 0.0979. The molecule has 228 valence electrons. The molecule has 7 nitrogen and oxygen atoms in total. The van der Waals surface area contributed by atoms with Gasteiger partial charge in [0.1, 0.15) is 24.5 Å². The Morgan fingerprint density at radius 3 is 2.61 bits per heavy atom. The van der Waals surface area contributed by atoms with E-state index in [1.54, 1.807) is 4.68 Å². The first-order chi connectivity index (χ1) is 21.4. The molecule has 1 fully saturated rings. The minimum atomic E-state index is -0.637. The summed E-state index contributed by atoms with van der Waals surface area (Å²) in [6.07, 6.45) is 4.94. The van der Waals surface area contributed by atoms with Crippen LogP contribution in [0.1, 0.15) is 61.8 Å². The maximum Gasteiger partial charge on any atom is 0.338 e. The van der Waals surface area contributed by atoms with Crippen LogP contribution in [0.3, 0.4) is 0 Å². The average Bonchev–Trinajstić information content (AvgIpc) is 3.43. The fourth-order valence-electron chi connectivity index (χ4n) is 5.51. The van der Waals surface area contributed by atoms with Gasteiger partial charge in [-0.3, -0.25) is 0 Å². The van der Waals surface area contributed by atoms with E-state index in [2.05, 4.69) is 21.2 Å². The van der Waals surface area contributed by atoms with Gasteiger partial charge in [0.15, 0.2) is 0 Å². The van der Waals surface area contributed by atoms with Gasteiger partial charge in [0, 0.05) is 31.5 Å². The Labute approximate surface area is 279 Å². The number of allylic oxidation sites excluding steroid dienone is 1. The SMILES string of the molecule is CC1=C(C(=O)OC2CCCCC2)C(c2cc(Br)ccc2OCc2ccc(Cl)cc2)n2nc(SCc3ccccc3Cl)nc2N1. The summed E-state index contributed by atoms with van der Waals surface area (Å²) in [6, 6.07) is 20.4. The lowest BCUT2D eigenvalue weighted by atomic mass is 9.94. The first-order valence-corrected chi connectivity index (χ1v) is 17.1. The van der Waals surface area contributed by atoms with Gasteiger partial charge in [-0.05, 0) is 80.1 Å². The summed E-state index contributed by atoms with van der Waals surface area (Å²) in [4.78, 5) is 18.8. The summed E-state index contributed by atoms with van der Waals surface area (Å²) < 4.78 is 15.1. The summed E-state index contributed by atoms with van der Waals surface area (Å²) in [5.41, 5.74) is 3.87. The summed E-state index contributed by atoms with van der Waals surface area (Å²) >= 11 is 17.6. The fourth-order valence-corrected chi connectivity index (χ4v) is 7.13. The van der Waals surface area contributed by atoms with E-state index in [-0.39, 0.29) is 12.1 Å². The number of nitrogens with zero attached hydrogens (tertiary/aromatic N) is 3. The molecule has 1 aromatic heterocycles. The number of hydrogen-bond acceptors (Lipinski definition) is 7. The Morgan fingerprint density at radius 1 is 1.07 bits per heavy atom. The zero-order valence-corrected chi connectivity index (χ0v) is 28.0. The van der Waals surface area contributed by atoms with E-state index in [0.29, 0.717) is 50.5 Å². The summed E-state index contributed by atoms with van der Waals surface area (Å²) in [6.45, 7) is 2.20. The molecule has 44 heavy (non-hydrogen) atoms. The smallest absolute Gasteiger partial charge is 0.338 e. The van der Waals surface area contributed by atoms with Gasteiger partial charge in [0.2, 0.25) is 11.1 Å². The van der Waals surface area contributed by atoms with Gasteiger partial charge in [-0.15, -0.1) is 5.10 Å². The summed E-state index contributed by atoms with van der Waals surface area (Å²) in [5.74, 6) is 1.40. The highest BCUT2D eigenvalue weighted by atomic mass is 79.9. The van der Waals surface area contributed by atoms with Crippen molar-refractivity contribution in [2.45, 2.75) is 68.7 Å². The summed E-state index contributed by atoms with van der Waals surface area (Å²) in [5, 5.41) is 10.1. The molecule has 6 rings (SSSR count). The molecule has 2 heterocycles. The van der Waals surface area contributed by atoms with Crippen molar-refractivity contribution in [3.63, 3.8) is 0 Å². The number of ether oxygens (including phenoxy) is 2. The molecule has 0 radical (unpaired) electrons. The molecule has 0 saturated heterocycles. The first-order valence-electron chi connectivity index (χ1n) is 14.5. The van der Waals surface area contributed by atoms with Crippen LogP contribution in [-0.4, -0.2) is 26.8 Å². The van der Waals surface area contributed by atoms with Gasteiger partial charge in [-0.1, -0.05) is 87.6 Å². The predicted octanol–water partition coefficient (Wildman–Crippen LogP) is 9.38. The zero-order valence-electron chi connectivity index (χ0n) is 24.1. The van der Waals surface area contributed by atoms with Crippen molar-refractivity contribution in [1.82, 2.24) is 14.8 Å². The number of thioether (sulfide) groups is 1. The van der Waals surface area contributed by atoms with Crippen molar-refractivity contribution in [1.29, 1.82) is 0 Å². The number of hydrogen-bond donors (Lipinski definition) is 1. The van der Waals surface area contributed by atoms with Crippen molar-refractivity contribution in [2.24, 2.45) is 0 Å². The van der Waals surface area contributed by atoms with Crippen LogP contribution in [0.25, 0.3) is 0 Å². The van der Waals surface area contributed by atoms with Crippen molar-refractivity contribution in [3.05, 3.63) is 109 Å². The first kappa shape index (κ1) is 31.0. The van der Waals surface area contributed by atoms with Crippen LogP contribution in [0.15, 0.2) is 87.6 Å². The lowest BCUT2D eigenvalue weighted by Gasteiger charge is -2.31. The molecular weight excluding hydrogens is 683 g/mol. The maximum atomic E-state index is 14.0. The van der Waals surface area contributed by atoms with Crippen LogP contribution in [0.4, 0.5) is 5.95 Å². The van der Waals surface area contributed by atoms with Crippen LogP contribution in [0.5, 0.6) is 5.75 Å². The fraction of sp³-hybridized carbons (Fsp3) is 0.303. The van der Waals surface area contributed by atoms with Crippen molar-refractivity contribution >= 4 is 62.8 Å². The molecule has 4 aromatic rings. The van der Waals surface area contributed by atoms with E-state index in [1.165, 1.54) is 18.2 Å². The number of benzene rings is 3. The Balaban J connectivity index is 1.37. The highest BCUT2D eigenvalue weighted by Gasteiger charge is 2.38. The molecule has 1 atom stereocenters. The molecule has 1 unspecified atom stereocenters. The van der Waals surface area contributed by atoms with E-state index in [0.717, 1.165) is 46.8 Å². The molecule has 1 aliphatic carbocycles. The van der Waals surface area contributed by atoms with Gasteiger partial charge in [0.05, 0.1) is 5.57 Å². The van der Waals surface area contributed by atoms with Gasteiger partial charge >= 0.3 is 5.97 Å². The second kappa shape index (κ2) is 14.0. The lowest BCUT2D eigenvalue weighted by Crippen LogP contribution is -2.32.